The van der Waals surface area contributed by atoms with Crippen LogP contribution in [0.5, 0.6) is 0 Å². The van der Waals surface area contributed by atoms with Gasteiger partial charge in [-0.1, -0.05) is 36.6 Å². The van der Waals surface area contributed by atoms with Crippen LogP contribution in [0.4, 0.5) is 0 Å². The summed E-state index contributed by atoms with van der Waals surface area (Å²) in [5.41, 5.74) is 2.59. The Balaban J connectivity index is 1.62. The quantitative estimate of drug-likeness (QED) is 0.576. The first kappa shape index (κ1) is 18.1. The molecule has 4 nitrogen and oxygen atoms in total. The van der Waals surface area contributed by atoms with Crippen LogP contribution in [0.25, 0.3) is 10.6 Å². The predicted molar refractivity (Wildman–Crippen MR) is 109 cm³/mol. The maximum atomic E-state index is 13.3. The molecule has 1 atom stereocenters. The zero-order chi connectivity index (χ0) is 18.6. The molecule has 0 saturated carbocycles. The predicted octanol–water partition coefficient (Wildman–Crippen LogP) is 5.62. The first-order valence-corrected chi connectivity index (χ1v) is 10.4. The molecule has 1 aromatic carbocycles. The van der Waals surface area contributed by atoms with Crippen molar-refractivity contribution in [3.8, 4) is 10.6 Å². The van der Waals surface area contributed by atoms with Gasteiger partial charge >= 0.3 is 0 Å². The molecule has 1 unspecified atom stereocenters. The molecule has 0 aliphatic carbocycles. The van der Waals surface area contributed by atoms with Gasteiger partial charge in [0.2, 0.25) is 0 Å². The Morgan fingerprint density at radius 1 is 1.15 bits per heavy atom. The number of carbonyl (C=O) groups is 1. The van der Waals surface area contributed by atoms with Crippen molar-refractivity contribution in [2.45, 2.75) is 31.7 Å². The van der Waals surface area contributed by atoms with Crippen LogP contribution in [0.1, 0.15) is 47.8 Å². The second-order valence-corrected chi connectivity index (χ2v) is 7.99. The normalized spacial score (nSPS) is 17.5. The van der Waals surface area contributed by atoms with Gasteiger partial charge in [-0.25, -0.2) is 4.98 Å². The van der Waals surface area contributed by atoms with Crippen molar-refractivity contribution in [2.24, 2.45) is 0 Å². The molecule has 2 aromatic heterocycles. The van der Waals surface area contributed by atoms with Crippen LogP contribution in [0, 0.1) is 0 Å². The minimum Gasteiger partial charge on any atom is -0.330 e. The van der Waals surface area contributed by atoms with Gasteiger partial charge in [-0.3, -0.25) is 9.78 Å². The number of hydrogen-bond acceptors (Lipinski definition) is 4. The van der Waals surface area contributed by atoms with Gasteiger partial charge in [0, 0.05) is 34.9 Å². The number of amides is 1. The molecule has 1 amide bonds. The topological polar surface area (TPSA) is 46.1 Å². The van der Waals surface area contributed by atoms with E-state index in [1.165, 1.54) is 11.3 Å². The molecule has 1 aliphatic rings. The minimum absolute atomic E-state index is 0.00300. The van der Waals surface area contributed by atoms with Gasteiger partial charge in [0.05, 0.1) is 6.04 Å². The molecule has 1 fully saturated rings. The molecule has 4 rings (SSSR count). The lowest BCUT2D eigenvalue weighted by molar-refractivity contribution is 0.0675. The number of benzene rings is 1. The third kappa shape index (κ3) is 4.04. The molecule has 3 heterocycles. The molecule has 138 valence electrons. The van der Waals surface area contributed by atoms with Crippen LogP contribution in [-0.2, 0) is 0 Å². The second-order valence-electron chi connectivity index (χ2n) is 6.69. The summed E-state index contributed by atoms with van der Waals surface area (Å²) in [7, 11) is 0. The SMILES string of the molecule is O=C(c1csc(-c2cccc(Cl)c2)n1)N1CCCCCC1c1ccncc1. The van der Waals surface area contributed by atoms with E-state index in [1.807, 2.05) is 46.7 Å². The van der Waals surface area contributed by atoms with Crippen LogP contribution >= 0.6 is 22.9 Å². The van der Waals surface area contributed by atoms with E-state index in [-0.39, 0.29) is 11.9 Å². The Kier molecular flexibility index (Phi) is 5.50. The van der Waals surface area contributed by atoms with E-state index in [0.717, 1.165) is 48.4 Å². The molecule has 0 spiro atoms. The van der Waals surface area contributed by atoms with E-state index in [4.69, 9.17) is 11.6 Å². The van der Waals surface area contributed by atoms with Gasteiger partial charge < -0.3 is 4.90 Å². The zero-order valence-electron chi connectivity index (χ0n) is 14.8. The van der Waals surface area contributed by atoms with E-state index in [9.17, 15) is 4.79 Å². The molecular formula is C21H20ClN3OS. The van der Waals surface area contributed by atoms with Crippen LogP contribution < -0.4 is 0 Å². The lowest BCUT2D eigenvalue weighted by atomic mass is 10.0. The summed E-state index contributed by atoms with van der Waals surface area (Å²) in [6.07, 6.45) is 7.86. The van der Waals surface area contributed by atoms with E-state index >= 15 is 0 Å². The van der Waals surface area contributed by atoms with Crippen molar-refractivity contribution < 1.29 is 4.79 Å². The first-order valence-electron chi connectivity index (χ1n) is 9.15. The van der Waals surface area contributed by atoms with Gasteiger partial charge in [-0.2, -0.15) is 0 Å². The van der Waals surface area contributed by atoms with Crippen molar-refractivity contribution in [2.75, 3.05) is 6.54 Å². The summed E-state index contributed by atoms with van der Waals surface area (Å²) < 4.78 is 0. The number of nitrogens with zero attached hydrogens (tertiary/aromatic N) is 3. The number of carbonyl (C=O) groups excluding carboxylic acids is 1. The molecule has 0 radical (unpaired) electrons. The van der Waals surface area contributed by atoms with Crippen LogP contribution in [0.2, 0.25) is 5.02 Å². The zero-order valence-corrected chi connectivity index (χ0v) is 16.4. The van der Waals surface area contributed by atoms with Gasteiger partial charge in [-0.15, -0.1) is 11.3 Å². The lowest BCUT2D eigenvalue weighted by Gasteiger charge is -2.29. The van der Waals surface area contributed by atoms with Crippen LogP contribution in [0.15, 0.2) is 54.2 Å². The number of likely N-dealkylation sites (tertiary alicyclic amines) is 1. The van der Waals surface area contributed by atoms with E-state index in [2.05, 4.69) is 9.97 Å². The van der Waals surface area contributed by atoms with Crippen molar-refractivity contribution in [1.29, 1.82) is 0 Å². The molecular weight excluding hydrogens is 378 g/mol. The minimum atomic E-state index is 0.00300. The highest BCUT2D eigenvalue weighted by atomic mass is 35.5. The average molecular weight is 398 g/mol. The molecule has 1 saturated heterocycles. The summed E-state index contributed by atoms with van der Waals surface area (Å²) in [4.78, 5) is 24.0. The Bertz CT molecular complexity index is 928. The summed E-state index contributed by atoms with van der Waals surface area (Å²) in [6.45, 7) is 0.760. The lowest BCUT2D eigenvalue weighted by Crippen LogP contribution is -2.35. The summed E-state index contributed by atoms with van der Waals surface area (Å²) >= 11 is 7.57. The number of aromatic nitrogens is 2. The van der Waals surface area contributed by atoms with E-state index in [1.54, 1.807) is 12.4 Å². The largest absolute Gasteiger partial charge is 0.330 e. The van der Waals surface area contributed by atoms with Gasteiger partial charge in [0.25, 0.3) is 5.91 Å². The highest BCUT2D eigenvalue weighted by Gasteiger charge is 2.29. The Labute approximate surface area is 167 Å². The summed E-state index contributed by atoms with van der Waals surface area (Å²) in [5.74, 6) is 0.00300. The molecule has 0 bridgehead atoms. The summed E-state index contributed by atoms with van der Waals surface area (Å²) in [6, 6.07) is 11.7. The van der Waals surface area contributed by atoms with E-state index < -0.39 is 0 Å². The Morgan fingerprint density at radius 2 is 2.00 bits per heavy atom. The Hall–Kier alpha value is -2.24. The molecule has 27 heavy (non-hydrogen) atoms. The standard InChI is InChI=1S/C21H20ClN3OS/c22-17-6-4-5-16(13-17)20-24-18(14-27-20)21(26)25-12-3-1-2-7-19(25)15-8-10-23-11-9-15/h4-6,8-11,13-14,19H,1-3,7,12H2. The second kappa shape index (κ2) is 8.19. The molecule has 0 N–H and O–H groups in total. The Morgan fingerprint density at radius 3 is 2.81 bits per heavy atom. The fraction of sp³-hybridized carbons (Fsp3) is 0.286. The molecule has 3 aromatic rings. The molecule has 1 aliphatic heterocycles. The number of halogens is 1. The number of hydrogen-bond donors (Lipinski definition) is 0. The number of thiazole rings is 1. The molecule has 6 heteroatoms. The fourth-order valence-corrected chi connectivity index (χ4v) is 4.54. The summed E-state index contributed by atoms with van der Waals surface area (Å²) in [5, 5.41) is 3.34. The third-order valence-corrected chi connectivity index (χ3v) is 6.03. The van der Waals surface area contributed by atoms with Gasteiger partial charge in [0.1, 0.15) is 10.7 Å². The van der Waals surface area contributed by atoms with Crippen molar-refractivity contribution in [3.05, 3.63) is 70.5 Å². The van der Waals surface area contributed by atoms with Gasteiger partial charge in [-0.05, 0) is 42.7 Å². The smallest absolute Gasteiger partial charge is 0.273 e. The van der Waals surface area contributed by atoms with Crippen LogP contribution in [-0.4, -0.2) is 27.3 Å². The van der Waals surface area contributed by atoms with Gasteiger partial charge in [0.15, 0.2) is 0 Å². The monoisotopic (exact) mass is 397 g/mol. The maximum absolute atomic E-state index is 13.3. The van der Waals surface area contributed by atoms with Crippen molar-refractivity contribution in [3.63, 3.8) is 0 Å². The van der Waals surface area contributed by atoms with Crippen molar-refractivity contribution >= 4 is 28.8 Å². The number of pyridine rings is 1. The highest BCUT2D eigenvalue weighted by molar-refractivity contribution is 7.13. The van der Waals surface area contributed by atoms with Crippen LogP contribution in [0.3, 0.4) is 0 Å². The third-order valence-electron chi connectivity index (χ3n) is 4.90. The highest BCUT2D eigenvalue weighted by Crippen LogP contribution is 2.32. The maximum Gasteiger partial charge on any atom is 0.273 e. The average Bonchev–Trinajstić information content (AvgIpc) is 3.06. The first-order chi connectivity index (χ1) is 13.2. The van der Waals surface area contributed by atoms with Crippen molar-refractivity contribution in [1.82, 2.24) is 14.9 Å². The fourth-order valence-electron chi connectivity index (χ4n) is 3.56. The number of rotatable bonds is 3. The van der Waals surface area contributed by atoms with E-state index in [0.29, 0.717) is 10.7 Å².